The number of rotatable bonds is 1. The Kier molecular flexibility index (Phi) is 5.41. The van der Waals surface area contributed by atoms with E-state index in [1.54, 1.807) is 12.1 Å². The van der Waals surface area contributed by atoms with Crippen molar-refractivity contribution in [2.75, 3.05) is 5.32 Å². The second-order valence-corrected chi connectivity index (χ2v) is 2.44. The molecule has 0 spiro atoms. The van der Waals surface area contributed by atoms with Crippen LogP contribution in [0.5, 0.6) is 0 Å². The van der Waals surface area contributed by atoms with Gasteiger partial charge in [0.05, 0.1) is 0 Å². The Morgan fingerprint density at radius 2 is 2.25 bits per heavy atom. The summed E-state index contributed by atoms with van der Waals surface area (Å²) >= 11 is 4.57. The van der Waals surface area contributed by atoms with Crippen LogP contribution < -0.4 is 40.6 Å². The van der Waals surface area contributed by atoms with Crippen LogP contribution >= 0.6 is 12.2 Å². The Balaban J connectivity index is 0. The van der Waals surface area contributed by atoms with Crippen LogP contribution in [0.3, 0.4) is 0 Å². The monoisotopic (exact) mass is 194 g/mol. The van der Waals surface area contributed by atoms with Crippen LogP contribution in [-0.4, -0.2) is 5.11 Å². The molecule has 0 aromatic heterocycles. The summed E-state index contributed by atoms with van der Waals surface area (Å²) in [5, 5.41) is 2.75. The fourth-order valence-corrected chi connectivity index (χ4v) is 0.826. The summed E-state index contributed by atoms with van der Waals surface area (Å²) in [6.45, 7) is 0. The maximum Gasteiger partial charge on any atom is 1.00 e. The van der Waals surface area contributed by atoms with E-state index in [0.717, 1.165) is 0 Å². The number of thiocarbonyl (C=S) groups is 1. The molecule has 0 aliphatic rings. The molecule has 1 aromatic carbocycles. The van der Waals surface area contributed by atoms with Crippen LogP contribution in [0.4, 0.5) is 10.1 Å². The van der Waals surface area contributed by atoms with Gasteiger partial charge in [-0.15, -0.1) is 0 Å². The van der Waals surface area contributed by atoms with E-state index >= 15 is 0 Å². The molecule has 12 heavy (non-hydrogen) atoms. The number of anilines is 1. The number of nitrogens with two attached hydrogens (primary N) is 1. The van der Waals surface area contributed by atoms with Gasteiger partial charge in [-0.2, -0.15) is 0 Å². The summed E-state index contributed by atoms with van der Waals surface area (Å²) in [5.74, 6) is -0.314. The molecule has 0 radical (unpaired) electrons. The van der Waals surface area contributed by atoms with E-state index in [-0.39, 0.29) is 41.9 Å². The van der Waals surface area contributed by atoms with E-state index in [1.165, 1.54) is 12.1 Å². The third-order valence-corrected chi connectivity index (χ3v) is 1.19. The molecule has 1 rings (SSSR count). The van der Waals surface area contributed by atoms with Crippen LogP contribution in [0.25, 0.3) is 0 Å². The molecular formula is C7H8FN2NaS. The molecule has 0 unspecified atom stereocenters. The Morgan fingerprint density at radius 1 is 1.58 bits per heavy atom. The number of nitrogens with one attached hydrogen (secondary N) is 1. The number of halogens is 1. The van der Waals surface area contributed by atoms with Crippen LogP contribution in [0.1, 0.15) is 1.43 Å². The molecule has 60 valence electrons. The van der Waals surface area contributed by atoms with Crippen LogP contribution in [0, 0.1) is 5.82 Å². The van der Waals surface area contributed by atoms with Crippen molar-refractivity contribution in [2.45, 2.75) is 0 Å². The van der Waals surface area contributed by atoms with Gasteiger partial charge in [0.25, 0.3) is 0 Å². The molecule has 3 N–H and O–H groups in total. The van der Waals surface area contributed by atoms with Crippen molar-refractivity contribution >= 4 is 23.0 Å². The van der Waals surface area contributed by atoms with E-state index in [4.69, 9.17) is 5.73 Å². The molecule has 0 aliphatic heterocycles. The quantitative estimate of drug-likeness (QED) is 0.426. The van der Waals surface area contributed by atoms with Gasteiger partial charge in [0.2, 0.25) is 0 Å². The molecular weight excluding hydrogens is 186 g/mol. The summed E-state index contributed by atoms with van der Waals surface area (Å²) in [6, 6.07) is 5.93. The van der Waals surface area contributed by atoms with Crippen LogP contribution in [-0.2, 0) is 0 Å². The Hall–Kier alpha value is -0.160. The fourth-order valence-electron chi connectivity index (χ4n) is 0.708. The molecule has 0 aliphatic carbocycles. The average molecular weight is 194 g/mol. The summed E-state index contributed by atoms with van der Waals surface area (Å²) in [5.41, 5.74) is 5.74. The standard InChI is InChI=1S/C7H7FN2S.Na.H/c8-5-2-1-3-6(4-5)10-7(9)11;;/h1-4H,(H3,9,10,11);;/q;+1;-1. The normalized spacial score (nSPS) is 8.42. The van der Waals surface area contributed by atoms with E-state index in [1.807, 2.05) is 0 Å². The molecule has 0 saturated heterocycles. The molecule has 0 amide bonds. The predicted octanol–water partition coefficient (Wildman–Crippen LogP) is -1.40. The molecule has 0 heterocycles. The summed E-state index contributed by atoms with van der Waals surface area (Å²) in [7, 11) is 0. The van der Waals surface area contributed by atoms with Gasteiger partial charge in [-0.1, -0.05) is 6.07 Å². The van der Waals surface area contributed by atoms with Gasteiger partial charge in [0.15, 0.2) is 5.11 Å². The average Bonchev–Trinajstić information content (AvgIpc) is 1.85. The smallest absolute Gasteiger partial charge is 1.00 e. The molecule has 5 heteroatoms. The van der Waals surface area contributed by atoms with Crippen molar-refractivity contribution in [3.8, 4) is 0 Å². The van der Waals surface area contributed by atoms with Gasteiger partial charge < -0.3 is 12.5 Å². The van der Waals surface area contributed by atoms with Crippen molar-refractivity contribution in [1.29, 1.82) is 0 Å². The van der Waals surface area contributed by atoms with E-state index in [0.29, 0.717) is 5.69 Å². The maximum atomic E-state index is 12.5. The number of benzene rings is 1. The first kappa shape index (κ1) is 11.8. The maximum absolute atomic E-state index is 12.5. The minimum absolute atomic E-state index is 0. The summed E-state index contributed by atoms with van der Waals surface area (Å²) < 4.78 is 12.5. The number of hydrogen-bond acceptors (Lipinski definition) is 1. The Morgan fingerprint density at radius 3 is 2.75 bits per heavy atom. The van der Waals surface area contributed by atoms with Crippen molar-refractivity contribution in [2.24, 2.45) is 5.73 Å². The first-order valence-electron chi connectivity index (χ1n) is 3.00. The first-order chi connectivity index (χ1) is 5.18. The van der Waals surface area contributed by atoms with Crippen molar-refractivity contribution in [3.63, 3.8) is 0 Å². The Bertz CT molecular complexity index is 285. The van der Waals surface area contributed by atoms with E-state index in [2.05, 4.69) is 17.5 Å². The Labute approximate surface area is 99.1 Å². The third-order valence-electron chi connectivity index (χ3n) is 1.09. The second kappa shape index (κ2) is 5.48. The predicted molar refractivity (Wildman–Crippen MR) is 47.9 cm³/mol. The summed E-state index contributed by atoms with van der Waals surface area (Å²) in [6.07, 6.45) is 0. The molecule has 0 atom stereocenters. The topological polar surface area (TPSA) is 38.0 Å². The van der Waals surface area contributed by atoms with Crippen LogP contribution in [0.15, 0.2) is 24.3 Å². The molecule has 0 fully saturated rings. The number of hydrogen-bond donors (Lipinski definition) is 2. The SMILES string of the molecule is NC(=S)Nc1cccc(F)c1.[H-].[Na+]. The molecule has 0 saturated carbocycles. The van der Waals surface area contributed by atoms with Gasteiger partial charge in [0, 0.05) is 5.69 Å². The van der Waals surface area contributed by atoms with Gasteiger partial charge in [-0.25, -0.2) is 4.39 Å². The zero-order valence-corrected chi connectivity index (χ0v) is 9.49. The zero-order chi connectivity index (χ0) is 8.27. The van der Waals surface area contributed by atoms with Gasteiger partial charge >= 0.3 is 29.6 Å². The van der Waals surface area contributed by atoms with Crippen molar-refractivity contribution in [1.82, 2.24) is 0 Å². The first-order valence-corrected chi connectivity index (χ1v) is 3.41. The minimum Gasteiger partial charge on any atom is -1.00 e. The fraction of sp³-hybridized carbons (Fsp3) is 0. The minimum atomic E-state index is -0.314. The van der Waals surface area contributed by atoms with Crippen molar-refractivity contribution < 1.29 is 35.4 Å². The second-order valence-electron chi connectivity index (χ2n) is 2.00. The molecule has 1 aromatic rings. The molecule has 2 nitrogen and oxygen atoms in total. The largest absolute Gasteiger partial charge is 1.00 e. The van der Waals surface area contributed by atoms with E-state index in [9.17, 15) is 4.39 Å². The van der Waals surface area contributed by atoms with Gasteiger partial charge in [0.1, 0.15) is 5.82 Å². The molecule has 0 bridgehead atoms. The zero-order valence-electron chi connectivity index (χ0n) is 7.67. The van der Waals surface area contributed by atoms with Crippen LogP contribution in [0.2, 0.25) is 0 Å². The van der Waals surface area contributed by atoms with Gasteiger partial charge in [-0.3, -0.25) is 0 Å². The van der Waals surface area contributed by atoms with E-state index < -0.39 is 0 Å². The summed E-state index contributed by atoms with van der Waals surface area (Å²) in [4.78, 5) is 0. The van der Waals surface area contributed by atoms with Crippen molar-refractivity contribution in [3.05, 3.63) is 30.1 Å². The third kappa shape index (κ3) is 4.01. The van der Waals surface area contributed by atoms with Gasteiger partial charge in [-0.05, 0) is 30.4 Å².